The highest BCUT2D eigenvalue weighted by Crippen LogP contribution is 2.23. The van der Waals surface area contributed by atoms with Gasteiger partial charge >= 0.3 is 6.03 Å². The molecule has 1 atom stereocenters. The van der Waals surface area contributed by atoms with Gasteiger partial charge in [0.05, 0.1) is 11.5 Å². The van der Waals surface area contributed by atoms with E-state index in [2.05, 4.69) is 26.1 Å². The summed E-state index contributed by atoms with van der Waals surface area (Å²) in [5.74, 6) is 0.241. The summed E-state index contributed by atoms with van der Waals surface area (Å²) in [6.45, 7) is 8.16. The van der Waals surface area contributed by atoms with E-state index in [1.165, 1.54) is 4.90 Å². The third-order valence-electron chi connectivity index (χ3n) is 3.67. The van der Waals surface area contributed by atoms with Crippen molar-refractivity contribution in [2.45, 2.75) is 40.2 Å². The van der Waals surface area contributed by atoms with Gasteiger partial charge in [-0.25, -0.2) is 13.2 Å². The van der Waals surface area contributed by atoms with Gasteiger partial charge in [0.25, 0.3) is 0 Å². The molecule has 1 heterocycles. The first-order valence-electron chi connectivity index (χ1n) is 6.44. The molecule has 0 radical (unpaired) electrons. The molecular formula is C13H24N2O3S. The van der Waals surface area contributed by atoms with E-state index >= 15 is 0 Å². The number of hydrogen-bond donors (Lipinski definition) is 1. The fourth-order valence-electron chi connectivity index (χ4n) is 1.73. The number of nitrogens with one attached hydrogen (secondary N) is 1. The zero-order valence-corrected chi connectivity index (χ0v) is 13.2. The molecule has 0 saturated carbocycles. The number of rotatable bonds is 2. The molecule has 0 bridgehead atoms. The minimum atomic E-state index is -2.97. The van der Waals surface area contributed by atoms with E-state index in [-0.39, 0.29) is 29.0 Å². The van der Waals surface area contributed by atoms with Gasteiger partial charge in [0, 0.05) is 19.3 Å². The smallest absolute Gasteiger partial charge is 0.321 e. The largest absolute Gasteiger partial charge is 0.324 e. The first-order valence-corrected chi connectivity index (χ1v) is 8.26. The van der Waals surface area contributed by atoms with Crippen molar-refractivity contribution < 1.29 is 13.2 Å². The van der Waals surface area contributed by atoms with Crippen molar-refractivity contribution >= 4 is 15.9 Å². The van der Waals surface area contributed by atoms with Gasteiger partial charge < -0.3 is 10.2 Å². The van der Waals surface area contributed by atoms with Crippen LogP contribution in [0.5, 0.6) is 0 Å². The first-order chi connectivity index (χ1) is 8.53. The summed E-state index contributed by atoms with van der Waals surface area (Å²) >= 11 is 0. The van der Waals surface area contributed by atoms with Crippen molar-refractivity contribution in [3.05, 3.63) is 11.8 Å². The summed E-state index contributed by atoms with van der Waals surface area (Å²) in [5.41, 5.74) is 1.07. The SMILES string of the molecule is C/C(=C\NC(=O)N(C)C1CCS(=O)(=O)C1)C(C)(C)C. The van der Waals surface area contributed by atoms with Crippen LogP contribution in [0.15, 0.2) is 11.8 Å². The fraction of sp³-hybridized carbons (Fsp3) is 0.769. The van der Waals surface area contributed by atoms with E-state index in [0.29, 0.717) is 6.42 Å². The molecule has 110 valence electrons. The summed E-state index contributed by atoms with van der Waals surface area (Å²) in [5, 5.41) is 2.72. The van der Waals surface area contributed by atoms with Crippen molar-refractivity contribution in [1.82, 2.24) is 10.2 Å². The summed E-state index contributed by atoms with van der Waals surface area (Å²) in [4.78, 5) is 13.4. The van der Waals surface area contributed by atoms with Crippen molar-refractivity contribution in [2.24, 2.45) is 5.41 Å². The van der Waals surface area contributed by atoms with Crippen LogP contribution in [0.4, 0.5) is 4.79 Å². The molecule has 0 aromatic carbocycles. The second kappa shape index (κ2) is 5.53. The topological polar surface area (TPSA) is 66.5 Å². The number of urea groups is 1. The Morgan fingerprint density at radius 1 is 1.37 bits per heavy atom. The molecule has 1 N–H and O–H groups in total. The lowest BCUT2D eigenvalue weighted by Gasteiger charge is -2.24. The van der Waals surface area contributed by atoms with Gasteiger partial charge in [-0.15, -0.1) is 0 Å². The van der Waals surface area contributed by atoms with Gasteiger partial charge in [-0.05, 0) is 18.8 Å². The van der Waals surface area contributed by atoms with E-state index in [4.69, 9.17) is 0 Å². The highest BCUT2D eigenvalue weighted by molar-refractivity contribution is 7.91. The average molecular weight is 288 g/mol. The van der Waals surface area contributed by atoms with Crippen LogP contribution >= 0.6 is 0 Å². The van der Waals surface area contributed by atoms with E-state index in [9.17, 15) is 13.2 Å². The van der Waals surface area contributed by atoms with Crippen LogP contribution in [-0.2, 0) is 9.84 Å². The Hall–Kier alpha value is -1.04. The van der Waals surface area contributed by atoms with E-state index < -0.39 is 9.84 Å². The number of carbonyl (C=O) groups is 1. The maximum atomic E-state index is 11.9. The number of hydrogen-bond acceptors (Lipinski definition) is 3. The number of sulfone groups is 1. The predicted molar refractivity (Wildman–Crippen MR) is 76.6 cm³/mol. The molecule has 1 rings (SSSR count). The molecule has 1 unspecified atom stereocenters. The molecule has 1 aliphatic rings. The number of allylic oxidation sites excluding steroid dienone is 1. The molecule has 19 heavy (non-hydrogen) atoms. The summed E-state index contributed by atoms with van der Waals surface area (Å²) < 4.78 is 22.8. The Morgan fingerprint density at radius 2 is 1.95 bits per heavy atom. The molecule has 0 aromatic heterocycles. The number of nitrogens with zero attached hydrogens (tertiary/aromatic N) is 1. The van der Waals surface area contributed by atoms with Crippen LogP contribution in [-0.4, -0.2) is 43.9 Å². The molecule has 6 heteroatoms. The Bertz CT molecular complexity index is 475. The van der Waals surface area contributed by atoms with Crippen LogP contribution in [0.1, 0.15) is 34.1 Å². The molecule has 1 aliphatic heterocycles. The lowest BCUT2D eigenvalue weighted by molar-refractivity contribution is 0.198. The standard InChI is InChI=1S/C13H24N2O3S/c1-10(13(2,3)4)8-14-12(16)15(5)11-6-7-19(17,18)9-11/h8,11H,6-7,9H2,1-5H3,(H,14,16)/b10-8+. The maximum Gasteiger partial charge on any atom is 0.321 e. The monoisotopic (exact) mass is 288 g/mol. The Kier molecular flexibility index (Phi) is 4.66. The quantitative estimate of drug-likeness (QED) is 0.842. The Balaban J connectivity index is 2.60. The molecule has 1 saturated heterocycles. The van der Waals surface area contributed by atoms with Crippen LogP contribution in [0.25, 0.3) is 0 Å². The van der Waals surface area contributed by atoms with Crippen molar-refractivity contribution in [2.75, 3.05) is 18.6 Å². The predicted octanol–water partition coefficient (Wildman–Crippen LogP) is 1.76. The van der Waals surface area contributed by atoms with Crippen LogP contribution in [0.2, 0.25) is 0 Å². The molecule has 0 aromatic rings. The lowest BCUT2D eigenvalue weighted by atomic mass is 9.88. The van der Waals surface area contributed by atoms with Gasteiger partial charge in [-0.1, -0.05) is 26.3 Å². The fourth-order valence-corrected chi connectivity index (χ4v) is 3.51. The van der Waals surface area contributed by atoms with E-state index in [0.717, 1.165) is 5.57 Å². The van der Waals surface area contributed by atoms with Crippen molar-refractivity contribution in [3.8, 4) is 0 Å². The van der Waals surface area contributed by atoms with Crippen molar-refractivity contribution in [3.63, 3.8) is 0 Å². The minimum absolute atomic E-state index is 0.00253. The summed E-state index contributed by atoms with van der Waals surface area (Å²) in [6.07, 6.45) is 2.22. The lowest BCUT2D eigenvalue weighted by Crippen LogP contribution is -2.42. The maximum absolute atomic E-state index is 11.9. The molecule has 2 amide bonds. The van der Waals surface area contributed by atoms with Gasteiger partial charge in [0.2, 0.25) is 0 Å². The zero-order valence-electron chi connectivity index (χ0n) is 12.4. The Morgan fingerprint density at radius 3 is 2.37 bits per heavy atom. The minimum Gasteiger partial charge on any atom is -0.324 e. The van der Waals surface area contributed by atoms with Gasteiger partial charge in [-0.2, -0.15) is 0 Å². The van der Waals surface area contributed by atoms with Crippen LogP contribution < -0.4 is 5.32 Å². The van der Waals surface area contributed by atoms with Crippen LogP contribution in [0.3, 0.4) is 0 Å². The van der Waals surface area contributed by atoms with Gasteiger partial charge in [-0.3, -0.25) is 0 Å². The highest BCUT2D eigenvalue weighted by atomic mass is 32.2. The molecule has 0 aliphatic carbocycles. The third kappa shape index (κ3) is 4.53. The molecule has 5 nitrogen and oxygen atoms in total. The third-order valence-corrected chi connectivity index (χ3v) is 5.42. The van der Waals surface area contributed by atoms with E-state index in [1.807, 2.05) is 6.92 Å². The number of carbonyl (C=O) groups excluding carboxylic acids is 1. The van der Waals surface area contributed by atoms with Gasteiger partial charge in [0.1, 0.15) is 0 Å². The normalized spacial score (nSPS) is 23.2. The molecule has 0 spiro atoms. The molecule has 1 fully saturated rings. The second-order valence-electron chi connectivity index (χ2n) is 6.19. The summed E-state index contributed by atoms with van der Waals surface area (Å²) in [6, 6.07) is -0.473. The van der Waals surface area contributed by atoms with Gasteiger partial charge in [0.15, 0.2) is 9.84 Å². The second-order valence-corrected chi connectivity index (χ2v) is 8.42. The molecular weight excluding hydrogens is 264 g/mol. The van der Waals surface area contributed by atoms with Crippen LogP contribution in [0, 0.1) is 5.41 Å². The summed E-state index contributed by atoms with van der Waals surface area (Å²) in [7, 11) is -1.33. The highest BCUT2D eigenvalue weighted by Gasteiger charge is 2.32. The average Bonchev–Trinajstić information content (AvgIpc) is 2.63. The van der Waals surface area contributed by atoms with E-state index in [1.54, 1.807) is 13.2 Å². The number of amides is 2. The van der Waals surface area contributed by atoms with Crippen molar-refractivity contribution in [1.29, 1.82) is 0 Å². The zero-order chi connectivity index (χ0) is 14.8. The first kappa shape index (κ1) is 16.0. The Labute approximate surface area is 116 Å².